The van der Waals surface area contributed by atoms with Crippen LogP contribution in [0.5, 0.6) is 5.75 Å². The van der Waals surface area contributed by atoms with Crippen LogP contribution in [0, 0.1) is 11.8 Å². The molecular weight excluding hydrogens is 538 g/mol. The lowest BCUT2D eigenvalue weighted by Crippen LogP contribution is -2.55. The van der Waals surface area contributed by atoms with E-state index in [2.05, 4.69) is 13.2 Å². The minimum Gasteiger partial charge on any atom is -0.497 e. The lowest BCUT2D eigenvalue weighted by atomic mass is 9.70. The molecule has 9 heteroatoms. The summed E-state index contributed by atoms with van der Waals surface area (Å²) in [5.41, 5.74) is 1.66. The van der Waals surface area contributed by atoms with E-state index in [1.165, 1.54) is 4.90 Å². The zero-order chi connectivity index (χ0) is 29.1. The normalized spacial score (nSPS) is 26.0. The molecule has 1 spiro atoms. The maximum atomic E-state index is 14.4. The molecule has 3 aliphatic heterocycles. The second-order valence-electron chi connectivity index (χ2n) is 10.7. The smallest absolute Gasteiger partial charge is 0.251 e. The lowest BCUT2D eigenvalue weighted by Gasteiger charge is -2.37. The fraction of sp³-hybridized carbons (Fsp3) is 0.406. The molecule has 2 bridgehead atoms. The summed E-state index contributed by atoms with van der Waals surface area (Å²) in [7, 11) is 1.58. The van der Waals surface area contributed by atoms with Crippen molar-refractivity contribution in [3.63, 3.8) is 0 Å². The predicted molar refractivity (Wildman–Crippen MR) is 161 cm³/mol. The van der Waals surface area contributed by atoms with Crippen LogP contribution in [0.1, 0.15) is 18.4 Å². The van der Waals surface area contributed by atoms with E-state index < -0.39 is 22.6 Å². The highest BCUT2D eigenvalue weighted by atomic mass is 32.2. The Balaban J connectivity index is 1.50. The number of carbonyl (C=O) groups excluding carboxylic acids is 3. The van der Waals surface area contributed by atoms with E-state index in [4.69, 9.17) is 4.74 Å². The van der Waals surface area contributed by atoms with Gasteiger partial charge in [0, 0.05) is 37.1 Å². The van der Waals surface area contributed by atoms with Crippen LogP contribution in [0.2, 0.25) is 0 Å². The number of likely N-dealkylation sites (tertiary alicyclic amines) is 1. The number of aliphatic hydroxyl groups is 1. The molecule has 0 aliphatic carbocycles. The van der Waals surface area contributed by atoms with Crippen LogP contribution in [0.25, 0.3) is 0 Å². The molecule has 3 amide bonds. The van der Waals surface area contributed by atoms with E-state index in [1.807, 2.05) is 42.5 Å². The molecule has 2 unspecified atom stereocenters. The van der Waals surface area contributed by atoms with Crippen LogP contribution in [0.15, 0.2) is 79.9 Å². The number of aliphatic hydroxyl groups excluding tert-OH is 1. The molecule has 3 heterocycles. The van der Waals surface area contributed by atoms with Crippen LogP contribution in [-0.2, 0) is 20.9 Å². The number of fused-ring (bicyclic) bond motifs is 1. The maximum Gasteiger partial charge on any atom is 0.251 e. The number of carbonyl (C=O) groups is 3. The van der Waals surface area contributed by atoms with Gasteiger partial charge in [-0.3, -0.25) is 14.4 Å². The first-order valence-electron chi connectivity index (χ1n) is 14.0. The van der Waals surface area contributed by atoms with Crippen molar-refractivity contribution in [2.75, 3.05) is 38.3 Å². The van der Waals surface area contributed by atoms with Crippen LogP contribution in [0.3, 0.4) is 0 Å². The second-order valence-corrected chi connectivity index (χ2v) is 12.3. The molecule has 1 N–H and O–H groups in total. The van der Waals surface area contributed by atoms with E-state index in [-0.39, 0.29) is 42.7 Å². The van der Waals surface area contributed by atoms with Crippen molar-refractivity contribution in [3.8, 4) is 5.75 Å². The number of amides is 3. The third-order valence-electron chi connectivity index (χ3n) is 8.50. The Bertz CT molecular complexity index is 1300. The van der Waals surface area contributed by atoms with Crippen molar-refractivity contribution in [2.24, 2.45) is 11.8 Å². The van der Waals surface area contributed by atoms with E-state index in [0.29, 0.717) is 30.9 Å². The Morgan fingerprint density at radius 2 is 1.80 bits per heavy atom. The molecule has 0 aromatic heterocycles. The largest absolute Gasteiger partial charge is 0.497 e. The van der Waals surface area contributed by atoms with Gasteiger partial charge in [0.05, 0.1) is 30.3 Å². The maximum absolute atomic E-state index is 14.4. The van der Waals surface area contributed by atoms with Gasteiger partial charge in [-0.15, -0.1) is 24.9 Å². The van der Waals surface area contributed by atoms with Crippen LogP contribution < -0.4 is 9.64 Å². The number of anilines is 1. The van der Waals surface area contributed by atoms with E-state index in [1.54, 1.807) is 53.0 Å². The monoisotopic (exact) mass is 575 g/mol. The second kappa shape index (κ2) is 12.1. The summed E-state index contributed by atoms with van der Waals surface area (Å²) in [6, 6.07) is 16.2. The quantitative estimate of drug-likeness (QED) is 0.390. The molecule has 2 aromatic carbocycles. The standard InChI is InChI=1S/C32H37N3O5S/c1-4-17-33(21-22-9-7-6-8-10-22)29(37)26-25-15-16-32(41-25)27(26)30(38)35(19-20-36)28(32)31(39)34(18-5-2)23-11-13-24(40-3)14-12-23/h4-14,25-28,36H,1-2,15-21H2,3H3/t25-,26+,27+,28?,32?/m1/s1. The van der Waals surface area contributed by atoms with Crippen molar-refractivity contribution >= 4 is 35.2 Å². The summed E-state index contributed by atoms with van der Waals surface area (Å²) in [5, 5.41) is 9.89. The average molecular weight is 576 g/mol. The van der Waals surface area contributed by atoms with Crippen LogP contribution in [-0.4, -0.2) is 82.0 Å². The van der Waals surface area contributed by atoms with Gasteiger partial charge >= 0.3 is 0 Å². The number of hydrogen-bond acceptors (Lipinski definition) is 6. The number of nitrogens with zero attached hydrogens (tertiary/aromatic N) is 3. The number of ether oxygens (including phenoxy) is 1. The first-order chi connectivity index (χ1) is 19.9. The Labute approximate surface area is 245 Å². The Morgan fingerprint density at radius 3 is 2.44 bits per heavy atom. The van der Waals surface area contributed by atoms with Gasteiger partial charge in [0.1, 0.15) is 11.8 Å². The summed E-state index contributed by atoms with van der Waals surface area (Å²) in [4.78, 5) is 47.7. The highest BCUT2D eigenvalue weighted by Crippen LogP contribution is 2.66. The molecule has 5 rings (SSSR count). The average Bonchev–Trinajstić information content (AvgIpc) is 3.63. The number of β-amino-alcohol motifs (C(OH)–C–C–N with tert-alkyl or cyclic N) is 1. The molecule has 3 aliphatic rings. The number of rotatable bonds is 12. The molecule has 0 radical (unpaired) electrons. The van der Waals surface area contributed by atoms with Gasteiger partial charge in [-0.2, -0.15) is 0 Å². The summed E-state index contributed by atoms with van der Waals surface area (Å²) in [5.74, 6) is -1.05. The number of methoxy groups -OCH3 is 1. The SMILES string of the molecule is C=CCN(Cc1ccccc1)C(=O)[C@@H]1[C@H]2C(=O)N(CCO)C(C(=O)N(CC=C)c3ccc(OC)cc3)C23CC[C@H]1S3. The number of hydrogen-bond donors (Lipinski definition) is 1. The van der Waals surface area contributed by atoms with Crippen molar-refractivity contribution in [2.45, 2.75) is 35.4 Å². The number of thioether (sulfide) groups is 1. The van der Waals surface area contributed by atoms with Gasteiger partial charge in [0.15, 0.2) is 0 Å². The van der Waals surface area contributed by atoms with Crippen LogP contribution in [0.4, 0.5) is 5.69 Å². The molecule has 3 fully saturated rings. The van der Waals surface area contributed by atoms with Gasteiger partial charge in [0.2, 0.25) is 11.8 Å². The van der Waals surface area contributed by atoms with E-state index in [0.717, 1.165) is 12.0 Å². The van der Waals surface area contributed by atoms with Gasteiger partial charge in [-0.1, -0.05) is 42.5 Å². The van der Waals surface area contributed by atoms with Crippen LogP contribution >= 0.6 is 11.8 Å². The van der Waals surface area contributed by atoms with Crippen molar-refractivity contribution in [3.05, 3.63) is 85.5 Å². The molecule has 3 saturated heterocycles. The first kappa shape index (κ1) is 29.0. The zero-order valence-electron chi connectivity index (χ0n) is 23.4. The zero-order valence-corrected chi connectivity index (χ0v) is 24.2. The molecule has 5 atom stereocenters. The highest BCUT2D eigenvalue weighted by Gasteiger charge is 2.74. The summed E-state index contributed by atoms with van der Waals surface area (Å²) in [6.45, 7) is 8.51. The minimum atomic E-state index is -0.802. The molecule has 216 valence electrons. The fourth-order valence-electron chi connectivity index (χ4n) is 6.83. The molecule has 8 nitrogen and oxygen atoms in total. The highest BCUT2D eigenvalue weighted by molar-refractivity contribution is 8.02. The molecular formula is C32H37N3O5S. The Hall–Kier alpha value is -3.56. The van der Waals surface area contributed by atoms with Crippen molar-refractivity contribution in [1.82, 2.24) is 9.80 Å². The third-order valence-corrected chi connectivity index (χ3v) is 10.5. The van der Waals surface area contributed by atoms with Crippen molar-refractivity contribution < 1.29 is 24.2 Å². The fourth-order valence-corrected chi connectivity index (χ4v) is 9.03. The molecule has 0 saturated carbocycles. The third kappa shape index (κ3) is 5.06. The van der Waals surface area contributed by atoms with Gasteiger partial charge in [-0.05, 0) is 42.7 Å². The lowest BCUT2D eigenvalue weighted by molar-refractivity contribution is -0.144. The summed E-state index contributed by atoms with van der Waals surface area (Å²) < 4.78 is 4.54. The van der Waals surface area contributed by atoms with E-state index >= 15 is 0 Å². The topological polar surface area (TPSA) is 90.4 Å². The predicted octanol–water partition coefficient (Wildman–Crippen LogP) is 3.51. The van der Waals surface area contributed by atoms with Gasteiger partial charge in [-0.25, -0.2) is 0 Å². The van der Waals surface area contributed by atoms with Gasteiger partial charge < -0.3 is 24.5 Å². The van der Waals surface area contributed by atoms with E-state index in [9.17, 15) is 19.5 Å². The minimum absolute atomic E-state index is 0.0323. The summed E-state index contributed by atoms with van der Waals surface area (Å²) >= 11 is 1.62. The van der Waals surface area contributed by atoms with Crippen molar-refractivity contribution in [1.29, 1.82) is 0 Å². The van der Waals surface area contributed by atoms with Gasteiger partial charge in [0.25, 0.3) is 5.91 Å². The Kier molecular flexibility index (Phi) is 8.56. The summed E-state index contributed by atoms with van der Waals surface area (Å²) in [6.07, 6.45) is 4.77. The number of benzene rings is 2. The first-order valence-corrected chi connectivity index (χ1v) is 14.9. The molecule has 41 heavy (non-hydrogen) atoms. The molecule has 2 aromatic rings. The Morgan fingerprint density at radius 1 is 1.10 bits per heavy atom.